The number of carbonyl (C=O) groups is 1. The molecular formula is C25H22ClN3O2. The minimum Gasteiger partial charge on any atom is -0.506 e. The molecule has 0 spiro atoms. The van der Waals surface area contributed by atoms with Crippen molar-refractivity contribution in [3.8, 4) is 17.6 Å². The van der Waals surface area contributed by atoms with Crippen LogP contribution in [0.3, 0.4) is 0 Å². The van der Waals surface area contributed by atoms with Crippen molar-refractivity contribution in [2.75, 3.05) is 13.6 Å². The van der Waals surface area contributed by atoms with Crippen molar-refractivity contribution in [2.45, 2.75) is 6.54 Å². The van der Waals surface area contributed by atoms with E-state index in [4.69, 9.17) is 11.6 Å². The van der Waals surface area contributed by atoms with E-state index >= 15 is 0 Å². The van der Waals surface area contributed by atoms with Crippen LogP contribution in [0.1, 0.15) is 27.0 Å². The molecule has 0 unspecified atom stereocenters. The molecule has 0 aliphatic carbocycles. The van der Waals surface area contributed by atoms with Gasteiger partial charge in [-0.05, 0) is 48.5 Å². The van der Waals surface area contributed by atoms with Crippen molar-refractivity contribution in [1.29, 1.82) is 0 Å². The molecule has 0 saturated heterocycles. The summed E-state index contributed by atoms with van der Waals surface area (Å²) in [6.45, 7) is 1.53. The van der Waals surface area contributed by atoms with Crippen LogP contribution >= 0.6 is 11.6 Å². The molecular weight excluding hydrogens is 410 g/mol. The van der Waals surface area contributed by atoms with Gasteiger partial charge >= 0.3 is 0 Å². The monoisotopic (exact) mass is 431 g/mol. The van der Waals surface area contributed by atoms with E-state index in [1.54, 1.807) is 6.21 Å². The molecule has 0 aliphatic heterocycles. The van der Waals surface area contributed by atoms with Gasteiger partial charge in [0, 0.05) is 17.7 Å². The van der Waals surface area contributed by atoms with Gasteiger partial charge in [0.2, 0.25) is 0 Å². The van der Waals surface area contributed by atoms with E-state index in [1.165, 1.54) is 23.8 Å². The number of hydrogen-bond acceptors (Lipinski definition) is 4. The Morgan fingerprint density at radius 1 is 1.13 bits per heavy atom. The van der Waals surface area contributed by atoms with Crippen LogP contribution in [0.5, 0.6) is 5.75 Å². The minimum atomic E-state index is -0.416. The predicted octanol–water partition coefficient (Wildman–Crippen LogP) is 4.29. The molecule has 0 saturated carbocycles. The summed E-state index contributed by atoms with van der Waals surface area (Å²) in [4.78, 5) is 14.2. The summed E-state index contributed by atoms with van der Waals surface area (Å²) in [5.74, 6) is 5.85. The number of halogens is 1. The Kier molecular flexibility index (Phi) is 7.83. The molecule has 0 radical (unpaired) electrons. The maximum absolute atomic E-state index is 12.1. The van der Waals surface area contributed by atoms with E-state index < -0.39 is 5.91 Å². The summed E-state index contributed by atoms with van der Waals surface area (Å²) in [5.41, 5.74) is 5.74. The summed E-state index contributed by atoms with van der Waals surface area (Å²) < 4.78 is 0. The molecule has 5 nitrogen and oxygen atoms in total. The number of phenolic OH excluding ortho intramolecular Hbond substituents is 1. The average Bonchev–Trinajstić information content (AvgIpc) is 2.77. The number of amides is 1. The van der Waals surface area contributed by atoms with Crippen LogP contribution in [0.25, 0.3) is 0 Å². The van der Waals surface area contributed by atoms with Gasteiger partial charge in [-0.3, -0.25) is 9.69 Å². The molecule has 31 heavy (non-hydrogen) atoms. The summed E-state index contributed by atoms with van der Waals surface area (Å²) in [6, 6.07) is 22.1. The van der Waals surface area contributed by atoms with E-state index in [2.05, 4.69) is 39.4 Å². The van der Waals surface area contributed by atoms with Gasteiger partial charge in [-0.25, -0.2) is 5.43 Å². The SMILES string of the molecule is CN(CC#Cc1ccc(/C=N/NC(=O)c2ccc(O)c(Cl)c2)cc1)Cc1ccccc1. The third kappa shape index (κ3) is 7.00. The first-order chi connectivity index (χ1) is 15.0. The molecule has 156 valence electrons. The maximum atomic E-state index is 12.1. The molecule has 3 aromatic carbocycles. The molecule has 0 bridgehead atoms. The van der Waals surface area contributed by atoms with Crippen molar-refractivity contribution in [1.82, 2.24) is 10.3 Å². The van der Waals surface area contributed by atoms with Crippen LogP contribution in [0.4, 0.5) is 0 Å². The fourth-order valence-corrected chi connectivity index (χ4v) is 2.94. The zero-order valence-corrected chi connectivity index (χ0v) is 17.8. The topological polar surface area (TPSA) is 64.9 Å². The second-order valence-corrected chi connectivity index (χ2v) is 7.35. The van der Waals surface area contributed by atoms with Crippen LogP contribution < -0.4 is 5.43 Å². The van der Waals surface area contributed by atoms with E-state index in [1.807, 2.05) is 49.5 Å². The molecule has 0 atom stereocenters. The molecule has 0 fully saturated rings. The second-order valence-electron chi connectivity index (χ2n) is 6.95. The number of aromatic hydroxyl groups is 1. The van der Waals surface area contributed by atoms with Crippen LogP contribution in [0.2, 0.25) is 5.02 Å². The van der Waals surface area contributed by atoms with Gasteiger partial charge < -0.3 is 5.11 Å². The smallest absolute Gasteiger partial charge is 0.271 e. The van der Waals surface area contributed by atoms with E-state index in [9.17, 15) is 9.90 Å². The zero-order valence-electron chi connectivity index (χ0n) is 17.0. The molecule has 3 rings (SSSR count). The number of carbonyl (C=O) groups excluding carboxylic acids is 1. The first-order valence-electron chi connectivity index (χ1n) is 9.64. The fraction of sp³-hybridized carbons (Fsp3) is 0.120. The second kappa shape index (κ2) is 11.0. The van der Waals surface area contributed by atoms with Crippen LogP contribution in [0, 0.1) is 11.8 Å². The van der Waals surface area contributed by atoms with Crippen LogP contribution in [0.15, 0.2) is 77.9 Å². The highest BCUT2D eigenvalue weighted by Gasteiger charge is 2.07. The van der Waals surface area contributed by atoms with Gasteiger partial charge in [-0.2, -0.15) is 5.10 Å². The van der Waals surface area contributed by atoms with Crippen LogP contribution in [-0.4, -0.2) is 35.7 Å². The van der Waals surface area contributed by atoms with E-state index in [0.717, 1.165) is 17.7 Å². The normalized spacial score (nSPS) is 10.7. The number of nitrogens with zero attached hydrogens (tertiary/aromatic N) is 2. The van der Waals surface area contributed by atoms with Crippen molar-refractivity contribution < 1.29 is 9.90 Å². The highest BCUT2D eigenvalue weighted by Crippen LogP contribution is 2.23. The Balaban J connectivity index is 1.49. The number of nitrogens with one attached hydrogen (secondary N) is 1. The molecule has 6 heteroatoms. The minimum absolute atomic E-state index is 0.0762. The lowest BCUT2D eigenvalue weighted by atomic mass is 10.1. The standard InChI is InChI=1S/C25H22ClN3O2/c1-29(18-21-6-3-2-4-7-21)15-5-8-19-9-11-20(12-10-19)17-27-28-25(31)22-13-14-24(30)23(26)16-22/h2-4,6-7,9-14,16-17,30H,15,18H2,1H3,(H,28,31)/b27-17+. The predicted molar refractivity (Wildman–Crippen MR) is 124 cm³/mol. The Labute approximate surface area is 187 Å². The summed E-state index contributed by atoms with van der Waals surface area (Å²) in [6.07, 6.45) is 1.55. The van der Waals surface area contributed by atoms with Crippen molar-refractivity contribution >= 4 is 23.7 Å². The Hall–Kier alpha value is -3.59. The van der Waals surface area contributed by atoms with Gasteiger partial charge in [-0.15, -0.1) is 0 Å². The number of hydrazone groups is 1. The number of hydrogen-bond donors (Lipinski definition) is 2. The largest absolute Gasteiger partial charge is 0.506 e. The summed E-state index contributed by atoms with van der Waals surface area (Å²) >= 11 is 5.81. The lowest BCUT2D eigenvalue weighted by Gasteiger charge is -2.12. The molecule has 0 heterocycles. The van der Waals surface area contributed by atoms with E-state index in [-0.39, 0.29) is 10.8 Å². The van der Waals surface area contributed by atoms with Gasteiger partial charge in [0.15, 0.2) is 0 Å². The van der Waals surface area contributed by atoms with Gasteiger partial charge in [0.1, 0.15) is 5.75 Å². The molecule has 3 aromatic rings. The van der Waals surface area contributed by atoms with Gasteiger partial charge in [0.25, 0.3) is 5.91 Å². The maximum Gasteiger partial charge on any atom is 0.271 e. The number of benzene rings is 3. The highest BCUT2D eigenvalue weighted by molar-refractivity contribution is 6.32. The van der Waals surface area contributed by atoms with Crippen molar-refractivity contribution in [3.05, 3.63) is 100 Å². The van der Waals surface area contributed by atoms with Crippen LogP contribution in [-0.2, 0) is 6.54 Å². The zero-order chi connectivity index (χ0) is 22.1. The molecule has 2 N–H and O–H groups in total. The van der Waals surface area contributed by atoms with Gasteiger partial charge in [-0.1, -0.05) is 65.9 Å². The van der Waals surface area contributed by atoms with Crippen molar-refractivity contribution in [3.63, 3.8) is 0 Å². The summed E-state index contributed by atoms with van der Waals surface area (Å²) in [7, 11) is 2.04. The quantitative estimate of drug-likeness (QED) is 0.347. The first kappa shape index (κ1) is 22.1. The Morgan fingerprint density at radius 3 is 2.58 bits per heavy atom. The third-order valence-electron chi connectivity index (χ3n) is 4.38. The highest BCUT2D eigenvalue weighted by atomic mass is 35.5. The van der Waals surface area contributed by atoms with Gasteiger partial charge in [0.05, 0.1) is 17.8 Å². The lowest BCUT2D eigenvalue weighted by Crippen LogP contribution is -2.17. The van der Waals surface area contributed by atoms with Crippen molar-refractivity contribution in [2.24, 2.45) is 5.10 Å². The Morgan fingerprint density at radius 2 is 1.87 bits per heavy atom. The average molecular weight is 432 g/mol. The first-order valence-corrected chi connectivity index (χ1v) is 10.0. The molecule has 0 aromatic heterocycles. The number of phenols is 1. The molecule has 1 amide bonds. The fourth-order valence-electron chi connectivity index (χ4n) is 2.76. The number of rotatable bonds is 6. The Bertz CT molecular complexity index is 1120. The van der Waals surface area contributed by atoms with E-state index in [0.29, 0.717) is 12.1 Å². The summed E-state index contributed by atoms with van der Waals surface area (Å²) in [5, 5.41) is 13.5. The third-order valence-corrected chi connectivity index (χ3v) is 4.68. The molecule has 0 aliphatic rings. The lowest BCUT2D eigenvalue weighted by molar-refractivity contribution is 0.0955.